The second-order valence-corrected chi connectivity index (χ2v) is 6.76. The summed E-state index contributed by atoms with van der Waals surface area (Å²) in [5.74, 6) is 0. The second kappa shape index (κ2) is 6.07. The van der Waals surface area contributed by atoms with E-state index in [2.05, 4.69) is 43.3 Å². The van der Waals surface area contributed by atoms with Gasteiger partial charge in [-0.1, -0.05) is 37.1 Å². The Hall–Kier alpha value is -0.900. The van der Waals surface area contributed by atoms with Crippen LogP contribution in [0.25, 0.3) is 0 Å². The molecule has 0 aromatic heterocycles. The Morgan fingerprint density at radius 2 is 2.00 bits per heavy atom. The highest BCUT2D eigenvalue weighted by atomic mass is 16.5. The van der Waals surface area contributed by atoms with E-state index in [-0.39, 0.29) is 17.7 Å². The molecule has 0 amide bonds. The zero-order valence-corrected chi connectivity index (χ0v) is 13.2. The highest BCUT2D eigenvalue weighted by Crippen LogP contribution is 2.41. The van der Waals surface area contributed by atoms with Crippen LogP contribution in [0.3, 0.4) is 0 Å². The molecule has 3 heteroatoms. The third-order valence-corrected chi connectivity index (χ3v) is 5.51. The molecule has 0 radical (unpaired) electrons. The Labute approximate surface area is 127 Å². The van der Waals surface area contributed by atoms with E-state index in [4.69, 9.17) is 4.74 Å². The van der Waals surface area contributed by atoms with Crippen LogP contribution in [0, 0.1) is 0 Å². The van der Waals surface area contributed by atoms with Crippen LogP contribution in [0.4, 0.5) is 0 Å². The molecule has 1 aromatic carbocycles. The molecule has 3 nitrogen and oxygen atoms in total. The van der Waals surface area contributed by atoms with Gasteiger partial charge >= 0.3 is 0 Å². The van der Waals surface area contributed by atoms with Gasteiger partial charge in [-0.15, -0.1) is 0 Å². The summed E-state index contributed by atoms with van der Waals surface area (Å²) in [5, 5.41) is 10.9. The zero-order valence-electron chi connectivity index (χ0n) is 13.2. The van der Waals surface area contributed by atoms with Gasteiger partial charge in [-0.2, -0.15) is 0 Å². The predicted octanol–water partition coefficient (Wildman–Crippen LogP) is 2.93. The standard InChI is InChI=1S/C18H27NO2/c1-19(2)18(10-5-6-11-18)17(20)13-16-15-8-4-3-7-14(15)9-12-21-16/h3-4,7-8,16-17,20H,5-6,9-13H2,1-2H3. The van der Waals surface area contributed by atoms with Crippen LogP contribution in [0.15, 0.2) is 24.3 Å². The van der Waals surface area contributed by atoms with Gasteiger partial charge in [0.25, 0.3) is 0 Å². The van der Waals surface area contributed by atoms with Gasteiger partial charge in [0.1, 0.15) is 0 Å². The van der Waals surface area contributed by atoms with E-state index in [1.165, 1.54) is 24.0 Å². The Morgan fingerprint density at radius 1 is 1.29 bits per heavy atom. The Morgan fingerprint density at radius 3 is 2.71 bits per heavy atom. The summed E-state index contributed by atoms with van der Waals surface area (Å²) in [6.45, 7) is 0.767. The average molecular weight is 289 g/mol. The van der Waals surface area contributed by atoms with Crippen molar-refractivity contribution in [2.45, 2.75) is 56.3 Å². The first-order chi connectivity index (χ1) is 10.1. The molecule has 1 aliphatic heterocycles. The number of rotatable bonds is 4. The molecule has 2 atom stereocenters. The molecule has 2 unspecified atom stereocenters. The summed E-state index contributed by atoms with van der Waals surface area (Å²) in [4.78, 5) is 2.24. The summed E-state index contributed by atoms with van der Waals surface area (Å²) in [6, 6.07) is 8.51. The van der Waals surface area contributed by atoms with Crippen molar-refractivity contribution in [2.75, 3.05) is 20.7 Å². The maximum Gasteiger partial charge on any atom is 0.0853 e. The first-order valence-electron chi connectivity index (χ1n) is 8.18. The van der Waals surface area contributed by atoms with Crippen molar-refractivity contribution in [3.8, 4) is 0 Å². The summed E-state index contributed by atoms with van der Waals surface area (Å²) >= 11 is 0. The number of hydrogen-bond donors (Lipinski definition) is 1. The lowest BCUT2D eigenvalue weighted by atomic mass is 9.83. The van der Waals surface area contributed by atoms with Crippen LogP contribution in [-0.4, -0.2) is 42.4 Å². The normalized spacial score (nSPS) is 25.8. The number of fused-ring (bicyclic) bond motifs is 1. The molecule has 0 spiro atoms. The molecular weight excluding hydrogens is 262 g/mol. The molecule has 0 bridgehead atoms. The minimum Gasteiger partial charge on any atom is -0.391 e. The Balaban J connectivity index is 1.78. The lowest BCUT2D eigenvalue weighted by Gasteiger charge is -2.42. The molecule has 1 aliphatic carbocycles. The number of aliphatic hydroxyl groups excluding tert-OH is 1. The third-order valence-electron chi connectivity index (χ3n) is 5.51. The van der Waals surface area contributed by atoms with E-state index < -0.39 is 0 Å². The Bertz CT molecular complexity index is 480. The van der Waals surface area contributed by atoms with Gasteiger partial charge in [0, 0.05) is 12.0 Å². The SMILES string of the molecule is CN(C)C1(C(O)CC2OCCc3ccccc32)CCCC1. The summed E-state index contributed by atoms with van der Waals surface area (Å²) in [5.41, 5.74) is 2.59. The van der Waals surface area contributed by atoms with Crippen molar-refractivity contribution >= 4 is 0 Å². The van der Waals surface area contributed by atoms with E-state index in [1.54, 1.807) is 0 Å². The van der Waals surface area contributed by atoms with Crippen molar-refractivity contribution in [2.24, 2.45) is 0 Å². The van der Waals surface area contributed by atoms with Crippen molar-refractivity contribution in [1.29, 1.82) is 0 Å². The van der Waals surface area contributed by atoms with Crippen LogP contribution in [0.2, 0.25) is 0 Å². The van der Waals surface area contributed by atoms with Crippen LogP contribution in [0.5, 0.6) is 0 Å². The third kappa shape index (κ3) is 2.75. The van der Waals surface area contributed by atoms with Gasteiger partial charge in [0.05, 0.1) is 18.8 Å². The predicted molar refractivity (Wildman–Crippen MR) is 84.3 cm³/mol. The van der Waals surface area contributed by atoms with Crippen molar-refractivity contribution in [3.05, 3.63) is 35.4 Å². The molecular formula is C18H27NO2. The molecule has 3 rings (SSSR count). The van der Waals surface area contributed by atoms with Gasteiger partial charge in [0.2, 0.25) is 0 Å². The number of nitrogens with zero attached hydrogens (tertiary/aromatic N) is 1. The quantitative estimate of drug-likeness (QED) is 0.925. The molecule has 21 heavy (non-hydrogen) atoms. The number of benzene rings is 1. The lowest BCUT2D eigenvalue weighted by molar-refractivity contribution is -0.0535. The summed E-state index contributed by atoms with van der Waals surface area (Å²) in [7, 11) is 4.20. The van der Waals surface area contributed by atoms with Crippen LogP contribution >= 0.6 is 0 Å². The largest absolute Gasteiger partial charge is 0.391 e. The van der Waals surface area contributed by atoms with Gasteiger partial charge in [-0.25, -0.2) is 0 Å². The smallest absolute Gasteiger partial charge is 0.0853 e. The van der Waals surface area contributed by atoms with Gasteiger partial charge < -0.3 is 14.7 Å². The van der Waals surface area contributed by atoms with Gasteiger partial charge in [-0.3, -0.25) is 0 Å². The Kier molecular flexibility index (Phi) is 4.34. The van der Waals surface area contributed by atoms with Crippen molar-refractivity contribution < 1.29 is 9.84 Å². The van der Waals surface area contributed by atoms with E-state index in [1.807, 2.05) is 0 Å². The average Bonchev–Trinajstić information content (AvgIpc) is 2.98. The molecule has 1 fully saturated rings. The monoisotopic (exact) mass is 289 g/mol. The molecule has 0 saturated heterocycles. The number of hydrogen-bond acceptors (Lipinski definition) is 3. The van der Waals surface area contributed by atoms with E-state index in [9.17, 15) is 5.11 Å². The topological polar surface area (TPSA) is 32.7 Å². The van der Waals surface area contributed by atoms with Crippen molar-refractivity contribution in [3.63, 3.8) is 0 Å². The summed E-state index contributed by atoms with van der Waals surface area (Å²) < 4.78 is 5.98. The van der Waals surface area contributed by atoms with Gasteiger partial charge in [-0.05, 0) is 44.5 Å². The van der Waals surface area contributed by atoms with Crippen LogP contribution < -0.4 is 0 Å². The second-order valence-electron chi connectivity index (χ2n) is 6.76. The highest BCUT2D eigenvalue weighted by molar-refractivity contribution is 5.31. The minimum atomic E-state index is -0.328. The fourth-order valence-corrected chi connectivity index (χ4v) is 4.16. The molecule has 1 aromatic rings. The van der Waals surface area contributed by atoms with Crippen molar-refractivity contribution in [1.82, 2.24) is 4.90 Å². The number of aliphatic hydroxyl groups is 1. The van der Waals surface area contributed by atoms with E-state index >= 15 is 0 Å². The fraction of sp³-hybridized carbons (Fsp3) is 0.667. The van der Waals surface area contributed by atoms with E-state index in [0.717, 1.165) is 25.9 Å². The van der Waals surface area contributed by atoms with Gasteiger partial charge in [0.15, 0.2) is 0 Å². The maximum atomic E-state index is 10.9. The zero-order chi connectivity index (χ0) is 14.9. The lowest BCUT2D eigenvalue weighted by Crippen LogP contribution is -2.52. The van der Waals surface area contributed by atoms with Crippen LogP contribution in [0.1, 0.15) is 49.3 Å². The van der Waals surface area contributed by atoms with Crippen LogP contribution in [-0.2, 0) is 11.2 Å². The summed E-state index contributed by atoms with van der Waals surface area (Å²) in [6.07, 6.45) is 6.03. The molecule has 2 aliphatic rings. The molecule has 1 saturated carbocycles. The first-order valence-corrected chi connectivity index (χ1v) is 8.18. The van der Waals surface area contributed by atoms with E-state index in [0.29, 0.717) is 6.42 Å². The highest BCUT2D eigenvalue weighted by Gasteiger charge is 2.43. The first kappa shape index (κ1) is 15.0. The molecule has 116 valence electrons. The maximum absolute atomic E-state index is 10.9. The fourth-order valence-electron chi connectivity index (χ4n) is 4.16. The molecule has 1 heterocycles. The minimum absolute atomic E-state index is 0.0439. The molecule has 1 N–H and O–H groups in total. The number of likely N-dealkylation sites (N-methyl/N-ethyl adjacent to an activating group) is 1. The number of ether oxygens (including phenoxy) is 1.